The standard InChI is InChI=1S/C22H23F3N4O/c1-13-9-14(2)28(15(3)10-13)21(30)18-12-20-26-17(16-7-5-4-6-8-16)11-19(22(23,24)25)29(20)27-18/h4-8,11-15H,9-10H2,1-3H3/t14-,15-/m1/s1. The van der Waals surface area contributed by atoms with Gasteiger partial charge in [0.15, 0.2) is 17.0 Å². The molecule has 1 aromatic carbocycles. The predicted molar refractivity (Wildman–Crippen MR) is 107 cm³/mol. The van der Waals surface area contributed by atoms with E-state index < -0.39 is 11.9 Å². The predicted octanol–water partition coefficient (Wildman–Crippen LogP) is 5.06. The third kappa shape index (κ3) is 3.66. The van der Waals surface area contributed by atoms with Crippen molar-refractivity contribution in [2.24, 2.45) is 5.92 Å². The van der Waals surface area contributed by atoms with Crippen molar-refractivity contribution in [1.82, 2.24) is 19.5 Å². The Morgan fingerprint density at radius 2 is 1.67 bits per heavy atom. The molecule has 5 nitrogen and oxygen atoms in total. The molecule has 0 radical (unpaired) electrons. The molecule has 1 aliphatic rings. The molecule has 0 spiro atoms. The third-order valence-corrected chi connectivity index (χ3v) is 5.68. The van der Waals surface area contributed by atoms with Crippen LogP contribution in [0.4, 0.5) is 13.2 Å². The summed E-state index contributed by atoms with van der Waals surface area (Å²) >= 11 is 0. The van der Waals surface area contributed by atoms with Crippen molar-refractivity contribution >= 4 is 11.6 Å². The van der Waals surface area contributed by atoms with Crippen molar-refractivity contribution in [3.8, 4) is 11.3 Å². The maximum atomic E-state index is 13.8. The maximum Gasteiger partial charge on any atom is 0.433 e. The van der Waals surface area contributed by atoms with E-state index in [2.05, 4.69) is 17.0 Å². The highest BCUT2D eigenvalue weighted by molar-refractivity contribution is 5.94. The molecule has 3 aromatic rings. The molecule has 0 N–H and O–H groups in total. The molecule has 3 heterocycles. The van der Waals surface area contributed by atoms with Gasteiger partial charge in [-0.05, 0) is 38.7 Å². The Morgan fingerprint density at radius 1 is 1.03 bits per heavy atom. The van der Waals surface area contributed by atoms with Gasteiger partial charge in [-0.25, -0.2) is 9.50 Å². The number of halogens is 3. The molecule has 4 rings (SSSR count). The quantitative estimate of drug-likeness (QED) is 0.587. The van der Waals surface area contributed by atoms with E-state index in [-0.39, 0.29) is 35.0 Å². The number of carbonyl (C=O) groups excluding carboxylic acids is 1. The number of rotatable bonds is 2. The van der Waals surface area contributed by atoms with Crippen molar-refractivity contribution in [2.45, 2.75) is 51.9 Å². The van der Waals surface area contributed by atoms with Crippen LogP contribution in [-0.2, 0) is 6.18 Å². The van der Waals surface area contributed by atoms with E-state index in [1.54, 1.807) is 35.2 Å². The molecule has 8 heteroatoms. The number of alkyl halides is 3. The van der Waals surface area contributed by atoms with E-state index in [1.165, 1.54) is 6.07 Å². The molecule has 0 unspecified atom stereocenters. The minimum atomic E-state index is -4.64. The van der Waals surface area contributed by atoms with Crippen LogP contribution in [0.25, 0.3) is 16.9 Å². The van der Waals surface area contributed by atoms with Gasteiger partial charge in [-0.15, -0.1) is 0 Å². The van der Waals surface area contributed by atoms with Gasteiger partial charge in [0, 0.05) is 23.7 Å². The highest BCUT2D eigenvalue weighted by Gasteiger charge is 2.37. The van der Waals surface area contributed by atoms with Crippen LogP contribution >= 0.6 is 0 Å². The van der Waals surface area contributed by atoms with Crippen LogP contribution in [0.5, 0.6) is 0 Å². The molecule has 2 atom stereocenters. The van der Waals surface area contributed by atoms with E-state index in [0.29, 0.717) is 11.5 Å². The summed E-state index contributed by atoms with van der Waals surface area (Å²) in [6, 6.07) is 11.0. The normalized spacial score (nSPS) is 22.5. The van der Waals surface area contributed by atoms with Gasteiger partial charge in [-0.1, -0.05) is 37.3 Å². The first-order valence-electron chi connectivity index (χ1n) is 10.0. The first kappa shape index (κ1) is 20.4. The Labute approximate surface area is 172 Å². The minimum Gasteiger partial charge on any atom is -0.332 e. The number of aromatic nitrogens is 3. The van der Waals surface area contributed by atoms with Crippen molar-refractivity contribution in [2.75, 3.05) is 0 Å². The Morgan fingerprint density at radius 3 is 2.27 bits per heavy atom. The smallest absolute Gasteiger partial charge is 0.332 e. The van der Waals surface area contributed by atoms with Gasteiger partial charge in [0.05, 0.1) is 5.69 Å². The minimum absolute atomic E-state index is 0.00212. The van der Waals surface area contributed by atoms with Crippen LogP contribution in [0.15, 0.2) is 42.5 Å². The Bertz CT molecular complexity index is 1070. The van der Waals surface area contributed by atoms with Crippen LogP contribution < -0.4 is 0 Å². The average Bonchev–Trinajstić information content (AvgIpc) is 3.10. The van der Waals surface area contributed by atoms with Crippen LogP contribution in [-0.4, -0.2) is 37.5 Å². The highest BCUT2D eigenvalue weighted by atomic mass is 19.4. The molecule has 1 amide bonds. The Balaban J connectivity index is 1.81. The molecular formula is C22H23F3N4O. The van der Waals surface area contributed by atoms with Crippen LogP contribution in [0.2, 0.25) is 0 Å². The zero-order valence-corrected chi connectivity index (χ0v) is 17.0. The number of carbonyl (C=O) groups is 1. The lowest BCUT2D eigenvalue weighted by Gasteiger charge is -2.41. The van der Waals surface area contributed by atoms with E-state index in [4.69, 9.17) is 0 Å². The number of amides is 1. The summed E-state index contributed by atoms with van der Waals surface area (Å²) in [6.07, 6.45) is -2.93. The molecule has 0 saturated carbocycles. The van der Waals surface area contributed by atoms with Crippen LogP contribution in [0.3, 0.4) is 0 Å². The topological polar surface area (TPSA) is 50.5 Å². The second kappa shape index (κ2) is 7.41. The largest absolute Gasteiger partial charge is 0.433 e. The lowest BCUT2D eigenvalue weighted by Crippen LogP contribution is -2.49. The fourth-order valence-corrected chi connectivity index (χ4v) is 4.49. The van der Waals surface area contributed by atoms with Gasteiger partial charge >= 0.3 is 6.18 Å². The summed E-state index contributed by atoms with van der Waals surface area (Å²) in [5.74, 6) is 0.133. The molecule has 0 aliphatic carbocycles. The number of fused-ring (bicyclic) bond motifs is 1. The molecule has 2 aromatic heterocycles. The zero-order valence-electron chi connectivity index (χ0n) is 17.0. The second-order valence-corrected chi connectivity index (χ2v) is 8.18. The van der Waals surface area contributed by atoms with Gasteiger partial charge in [0.1, 0.15) is 0 Å². The van der Waals surface area contributed by atoms with Gasteiger partial charge in [-0.2, -0.15) is 18.3 Å². The lowest BCUT2D eigenvalue weighted by atomic mass is 9.88. The van der Waals surface area contributed by atoms with E-state index in [1.807, 2.05) is 13.8 Å². The number of benzene rings is 1. The average molecular weight is 416 g/mol. The Kier molecular flexibility index (Phi) is 5.03. The molecule has 0 bridgehead atoms. The molecule has 1 saturated heterocycles. The first-order chi connectivity index (χ1) is 14.1. The monoisotopic (exact) mass is 416 g/mol. The number of piperidine rings is 1. The first-order valence-corrected chi connectivity index (χ1v) is 10.0. The van der Waals surface area contributed by atoms with E-state index in [0.717, 1.165) is 23.4 Å². The third-order valence-electron chi connectivity index (χ3n) is 5.68. The van der Waals surface area contributed by atoms with Crippen molar-refractivity contribution in [1.29, 1.82) is 0 Å². The molecular weight excluding hydrogens is 393 g/mol. The summed E-state index contributed by atoms with van der Waals surface area (Å²) in [4.78, 5) is 19.2. The van der Waals surface area contributed by atoms with Gasteiger partial charge < -0.3 is 4.90 Å². The summed E-state index contributed by atoms with van der Waals surface area (Å²) in [7, 11) is 0. The molecule has 1 fully saturated rings. The number of likely N-dealkylation sites (tertiary alicyclic amines) is 1. The van der Waals surface area contributed by atoms with Crippen molar-refractivity contribution in [3.05, 3.63) is 53.9 Å². The van der Waals surface area contributed by atoms with Gasteiger partial charge in [0.2, 0.25) is 0 Å². The van der Waals surface area contributed by atoms with Gasteiger partial charge in [0.25, 0.3) is 5.91 Å². The summed E-state index contributed by atoms with van der Waals surface area (Å²) in [5, 5.41) is 4.02. The van der Waals surface area contributed by atoms with E-state index >= 15 is 0 Å². The molecule has 158 valence electrons. The summed E-state index contributed by atoms with van der Waals surface area (Å²) in [6.45, 7) is 6.07. The fraction of sp³-hybridized carbons (Fsp3) is 0.409. The van der Waals surface area contributed by atoms with Crippen LogP contribution in [0, 0.1) is 5.92 Å². The Hall–Kier alpha value is -2.90. The maximum absolute atomic E-state index is 13.8. The zero-order chi connectivity index (χ0) is 21.6. The number of nitrogens with zero attached hydrogens (tertiary/aromatic N) is 4. The summed E-state index contributed by atoms with van der Waals surface area (Å²) < 4.78 is 42.0. The van der Waals surface area contributed by atoms with E-state index in [9.17, 15) is 18.0 Å². The van der Waals surface area contributed by atoms with Crippen LogP contribution in [0.1, 0.15) is 49.8 Å². The van der Waals surface area contributed by atoms with Gasteiger partial charge in [-0.3, -0.25) is 4.79 Å². The molecule has 30 heavy (non-hydrogen) atoms. The second-order valence-electron chi connectivity index (χ2n) is 8.18. The SMILES string of the molecule is CC1C[C@@H](C)N(C(=O)c2cc3nc(-c4ccccc4)cc(C(F)(F)F)n3n2)[C@H](C)C1. The van der Waals surface area contributed by atoms with Crippen molar-refractivity contribution in [3.63, 3.8) is 0 Å². The lowest BCUT2D eigenvalue weighted by molar-refractivity contribution is -0.142. The van der Waals surface area contributed by atoms with Crippen molar-refractivity contribution < 1.29 is 18.0 Å². The number of hydrogen-bond acceptors (Lipinski definition) is 3. The fourth-order valence-electron chi connectivity index (χ4n) is 4.49. The summed E-state index contributed by atoms with van der Waals surface area (Å²) in [5.41, 5.74) is -0.238. The highest BCUT2D eigenvalue weighted by Crippen LogP contribution is 2.33. The number of hydrogen-bond donors (Lipinski definition) is 0. The molecule has 1 aliphatic heterocycles.